The lowest BCUT2D eigenvalue weighted by Crippen LogP contribution is -2.52. The van der Waals surface area contributed by atoms with Crippen LogP contribution in [-0.4, -0.2) is 75.5 Å². The van der Waals surface area contributed by atoms with Crippen molar-refractivity contribution in [1.82, 2.24) is 20.0 Å². The molecule has 0 bridgehead atoms. The molecule has 1 aromatic heterocycles. The van der Waals surface area contributed by atoms with Crippen molar-refractivity contribution in [3.63, 3.8) is 0 Å². The van der Waals surface area contributed by atoms with Gasteiger partial charge in [0.2, 0.25) is 5.91 Å². The molecule has 1 fully saturated rings. The first-order valence-electron chi connectivity index (χ1n) is 17.0. The van der Waals surface area contributed by atoms with Gasteiger partial charge < -0.3 is 24.6 Å². The van der Waals surface area contributed by atoms with Gasteiger partial charge in [-0.1, -0.05) is 59.6 Å². The number of unbranched alkanes of at least 4 members (excludes halogenated alkanes) is 1. The van der Waals surface area contributed by atoms with Crippen molar-refractivity contribution in [1.29, 1.82) is 0 Å². The predicted molar refractivity (Wildman–Crippen MR) is 181 cm³/mol. The van der Waals surface area contributed by atoms with Crippen molar-refractivity contribution >= 4 is 22.9 Å². The maximum atomic E-state index is 13.8. The SMILES string of the molecule is CCCCC(C)(C)C(=O)NC[C@@H]1OC(C)(C)N(C(=O)OC(C)(C)C)[C@H]1CC(C(C)C)[C@H](O)c1ccc2cnn(CCCOC)c2c1. The molecular formula is C36H60N4O6. The van der Waals surface area contributed by atoms with Gasteiger partial charge in [0.05, 0.1) is 30.0 Å². The largest absolute Gasteiger partial charge is 0.444 e. The number of nitrogens with zero attached hydrogens (tertiary/aromatic N) is 3. The van der Waals surface area contributed by atoms with E-state index in [9.17, 15) is 14.7 Å². The molecule has 2 N–H and O–H groups in total. The monoisotopic (exact) mass is 644 g/mol. The normalized spacial score (nSPS) is 19.9. The number of benzene rings is 1. The van der Waals surface area contributed by atoms with Gasteiger partial charge in [-0.2, -0.15) is 5.10 Å². The molecule has 1 saturated heterocycles. The number of fused-ring (bicyclic) bond motifs is 1. The Labute approximate surface area is 276 Å². The van der Waals surface area contributed by atoms with Gasteiger partial charge in [0.15, 0.2) is 0 Å². The quantitative estimate of drug-likeness (QED) is 0.204. The molecule has 1 unspecified atom stereocenters. The summed E-state index contributed by atoms with van der Waals surface area (Å²) in [5.74, 6) is -0.189. The molecule has 2 amide bonds. The number of hydrogen-bond acceptors (Lipinski definition) is 7. The van der Waals surface area contributed by atoms with E-state index >= 15 is 0 Å². The Kier molecular flexibility index (Phi) is 12.7. The summed E-state index contributed by atoms with van der Waals surface area (Å²) in [5, 5.41) is 20.6. The number of methoxy groups -OCH3 is 1. The average molecular weight is 645 g/mol. The Morgan fingerprint density at radius 3 is 2.46 bits per heavy atom. The minimum atomic E-state index is -0.986. The number of carbonyl (C=O) groups excluding carboxylic acids is 2. The first-order chi connectivity index (χ1) is 21.4. The van der Waals surface area contributed by atoms with Gasteiger partial charge in [-0.05, 0) is 77.3 Å². The Balaban J connectivity index is 1.94. The van der Waals surface area contributed by atoms with Gasteiger partial charge in [0.25, 0.3) is 0 Å². The predicted octanol–water partition coefficient (Wildman–Crippen LogP) is 6.84. The van der Waals surface area contributed by atoms with Crippen molar-refractivity contribution in [3.8, 4) is 0 Å². The lowest BCUT2D eigenvalue weighted by atomic mass is 9.80. The van der Waals surface area contributed by atoms with Gasteiger partial charge in [0.1, 0.15) is 11.3 Å². The van der Waals surface area contributed by atoms with E-state index in [1.54, 1.807) is 12.0 Å². The van der Waals surface area contributed by atoms with Crippen LogP contribution in [0.25, 0.3) is 10.9 Å². The van der Waals surface area contributed by atoms with Crippen molar-refractivity contribution in [2.24, 2.45) is 17.3 Å². The van der Waals surface area contributed by atoms with E-state index in [1.165, 1.54) is 0 Å². The Morgan fingerprint density at radius 1 is 1.15 bits per heavy atom. The van der Waals surface area contributed by atoms with Gasteiger partial charge in [-0.25, -0.2) is 4.79 Å². The van der Waals surface area contributed by atoms with E-state index in [2.05, 4.69) is 31.2 Å². The van der Waals surface area contributed by atoms with Crippen LogP contribution in [0, 0.1) is 17.3 Å². The maximum Gasteiger partial charge on any atom is 0.412 e. The second kappa shape index (κ2) is 15.5. The third-order valence-corrected chi connectivity index (χ3v) is 9.11. The fraction of sp³-hybridized carbons (Fsp3) is 0.750. The first-order valence-corrected chi connectivity index (χ1v) is 17.0. The lowest BCUT2D eigenvalue weighted by molar-refractivity contribution is -0.131. The molecule has 0 saturated carbocycles. The molecule has 0 spiro atoms. The summed E-state index contributed by atoms with van der Waals surface area (Å²) in [4.78, 5) is 28.7. The van der Waals surface area contributed by atoms with Crippen LogP contribution in [0.2, 0.25) is 0 Å². The smallest absolute Gasteiger partial charge is 0.412 e. The summed E-state index contributed by atoms with van der Waals surface area (Å²) in [5.41, 5.74) is -0.450. The average Bonchev–Trinajstić information content (AvgIpc) is 3.48. The molecule has 2 aromatic rings. The fourth-order valence-corrected chi connectivity index (χ4v) is 6.44. The number of aryl methyl sites for hydroxylation is 1. The van der Waals surface area contributed by atoms with E-state index in [0.717, 1.165) is 42.1 Å². The molecule has 1 aliphatic heterocycles. The number of rotatable bonds is 15. The third kappa shape index (κ3) is 9.44. The number of nitrogens with one attached hydrogen (secondary N) is 1. The van der Waals surface area contributed by atoms with Gasteiger partial charge in [-0.3, -0.25) is 14.4 Å². The molecule has 3 rings (SSSR count). The summed E-state index contributed by atoms with van der Waals surface area (Å²) in [6.07, 6.45) is 4.13. The summed E-state index contributed by atoms with van der Waals surface area (Å²) in [6.45, 7) is 21.1. The second-order valence-electron chi connectivity index (χ2n) is 15.3. The van der Waals surface area contributed by atoms with Crippen LogP contribution in [0.3, 0.4) is 0 Å². The number of amides is 2. The van der Waals surface area contributed by atoms with Gasteiger partial charge in [0, 0.05) is 37.6 Å². The molecule has 2 heterocycles. The molecule has 46 heavy (non-hydrogen) atoms. The molecule has 1 aliphatic rings. The molecular weight excluding hydrogens is 584 g/mol. The molecule has 260 valence electrons. The van der Waals surface area contributed by atoms with Crippen LogP contribution in [0.4, 0.5) is 4.79 Å². The van der Waals surface area contributed by atoms with E-state index in [0.29, 0.717) is 19.6 Å². The maximum absolute atomic E-state index is 13.8. The molecule has 10 nitrogen and oxygen atoms in total. The first kappa shape index (κ1) is 37.8. The molecule has 1 aromatic carbocycles. The van der Waals surface area contributed by atoms with Crippen molar-refractivity contribution in [3.05, 3.63) is 30.0 Å². The highest BCUT2D eigenvalue weighted by molar-refractivity contribution is 5.82. The Bertz CT molecular complexity index is 1300. The standard InChI is InChI=1S/C36H60N4O6/c1-12-13-17-35(7,8)32(42)37-23-30-29(40(36(9,10)45-30)33(43)46-34(4,5)6)21-27(24(2)3)31(41)25-15-16-26-22-38-39(28(26)20-25)18-14-19-44-11/h15-16,20,22,24,27,29-31,41H,12-14,17-19,21,23H2,1-11H3,(H,37,42)/t27?,29-,30-,31+/m0/s1. The van der Waals surface area contributed by atoms with Crippen LogP contribution in [0.15, 0.2) is 24.4 Å². The highest BCUT2D eigenvalue weighted by Crippen LogP contribution is 2.41. The van der Waals surface area contributed by atoms with Crippen LogP contribution in [-0.2, 0) is 25.5 Å². The Hall–Kier alpha value is -2.69. The minimum Gasteiger partial charge on any atom is -0.444 e. The second-order valence-corrected chi connectivity index (χ2v) is 15.3. The fourth-order valence-electron chi connectivity index (χ4n) is 6.44. The highest BCUT2D eigenvalue weighted by atomic mass is 16.6. The molecule has 0 radical (unpaired) electrons. The van der Waals surface area contributed by atoms with Crippen LogP contribution in [0.1, 0.15) is 113 Å². The topological polar surface area (TPSA) is 115 Å². The van der Waals surface area contributed by atoms with Crippen molar-refractivity contribution in [2.45, 2.75) is 137 Å². The molecule has 4 atom stereocenters. The van der Waals surface area contributed by atoms with Crippen molar-refractivity contribution < 1.29 is 28.9 Å². The number of hydrogen-bond donors (Lipinski definition) is 2. The summed E-state index contributed by atoms with van der Waals surface area (Å²) >= 11 is 0. The zero-order chi connectivity index (χ0) is 34.4. The summed E-state index contributed by atoms with van der Waals surface area (Å²) < 4.78 is 19.6. The van der Waals surface area contributed by atoms with Crippen LogP contribution in [0.5, 0.6) is 0 Å². The van der Waals surface area contributed by atoms with Gasteiger partial charge in [-0.15, -0.1) is 0 Å². The Morgan fingerprint density at radius 2 is 1.85 bits per heavy atom. The molecule has 10 heteroatoms. The lowest BCUT2D eigenvalue weighted by Gasteiger charge is -2.38. The zero-order valence-corrected chi connectivity index (χ0v) is 30.2. The van der Waals surface area contributed by atoms with Gasteiger partial charge >= 0.3 is 6.09 Å². The van der Waals surface area contributed by atoms with E-state index in [1.807, 2.05) is 77.5 Å². The number of aromatic nitrogens is 2. The van der Waals surface area contributed by atoms with E-state index < -0.39 is 41.1 Å². The third-order valence-electron chi connectivity index (χ3n) is 9.11. The number of aliphatic hydroxyl groups excluding tert-OH is 1. The molecule has 0 aliphatic carbocycles. The van der Waals surface area contributed by atoms with Crippen LogP contribution < -0.4 is 5.32 Å². The van der Waals surface area contributed by atoms with Crippen LogP contribution >= 0.6 is 0 Å². The van der Waals surface area contributed by atoms with Crippen molar-refractivity contribution in [2.75, 3.05) is 20.3 Å². The number of aliphatic hydroxyl groups is 1. The summed E-state index contributed by atoms with van der Waals surface area (Å²) in [7, 11) is 1.69. The van der Waals surface area contributed by atoms with E-state index in [4.69, 9.17) is 14.2 Å². The highest BCUT2D eigenvalue weighted by Gasteiger charge is 2.52. The zero-order valence-electron chi connectivity index (χ0n) is 30.2. The number of ether oxygens (including phenoxy) is 3. The van der Waals surface area contributed by atoms with E-state index in [-0.39, 0.29) is 24.3 Å². The minimum absolute atomic E-state index is 0.0346. The number of carbonyl (C=O) groups is 2. The summed E-state index contributed by atoms with van der Waals surface area (Å²) in [6, 6.07) is 5.53.